The van der Waals surface area contributed by atoms with Gasteiger partial charge >= 0.3 is 5.97 Å². The fourth-order valence-corrected chi connectivity index (χ4v) is 0.676. The lowest BCUT2D eigenvalue weighted by Gasteiger charge is -2.04. The number of aliphatic carboxylic acids is 1. The molecule has 0 aliphatic rings. The third-order valence-electron chi connectivity index (χ3n) is 1.43. The Morgan fingerprint density at radius 2 is 2.09 bits per heavy atom. The molecule has 0 radical (unpaired) electrons. The minimum absolute atomic E-state index is 0.0843. The van der Waals surface area contributed by atoms with Crippen LogP contribution < -0.4 is 5.73 Å². The Morgan fingerprint density at radius 3 is 2.45 bits per heavy atom. The van der Waals surface area contributed by atoms with Crippen LogP contribution in [0, 0.1) is 0 Å². The topological polar surface area (TPSA) is 80.4 Å². The summed E-state index contributed by atoms with van der Waals surface area (Å²) in [5, 5.41) is 8.24. The Hall–Kier alpha value is -0.900. The minimum atomic E-state index is -0.847. The molecule has 0 aliphatic heterocycles. The molecular formula is C7H13NO3. The lowest BCUT2D eigenvalue weighted by Crippen LogP contribution is -2.28. The molecule has 11 heavy (non-hydrogen) atoms. The number of carboxylic acids is 1. The standard InChI is InChI=1S/C7H13NO3/c1-5(9)6(8)3-2-4-7(10)11/h6H,2-4,8H2,1H3,(H,10,11)/t6-/m0/s1. The van der Waals surface area contributed by atoms with Gasteiger partial charge in [0.05, 0.1) is 6.04 Å². The van der Waals surface area contributed by atoms with Crippen molar-refractivity contribution in [2.45, 2.75) is 32.2 Å². The zero-order chi connectivity index (χ0) is 8.85. The van der Waals surface area contributed by atoms with Gasteiger partial charge < -0.3 is 10.8 Å². The van der Waals surface area contributed by atoms with E-state index in [0.717, 1.165) is 0 Å². The van der Waals surface area contributed by atoms with Crippen LogP contribution in [0.4, 0.5) is 0 Å². The van der Waals surface area contributed by atoms with E-state index in [2.05, 4.69) is 0 Å². The molecule has 0 heterocycles. The number of nitrogens with two attached hydrogens (primary N) is 1. The smallest absolute Gasteiger partial charge is 0.303 e. The summed E-state index contributed by atoms with van der Waals surface area (Å²) in [4.78, 5) is 20.6. The predicted octanol–water partition coefficient (Wildman–Crippen LogP) is 0.158. The van der Waals surface area contributed by atoms with Crippen molar-refractivity contribution in [1.82, 2.24) is 0 Å². The number of carboxylic acid groups (broad SMARTS) is 1. The van der Waals surface area contributed by atoms with Crippen LogP contribution in [-0.4, -0.2) is 22.9 Å². The number of rotatable bonds is 5. The van der Waals surface area contributed by atoms with Gasteiger partial charge in [-0.05, 0) is 19.8 Å². The maximum atomic E-state index is 10.5. The normalized spacial score (nSPS) is 12.5. The lowest BCUT2D eigenvalue weighted by molar-refractivity contribution is -0.137. The van der Waals surface area contributed by atoms with Crippen molar-refractivity contribution in [2.24, 2.45) is 5.73 Å². The van der Waals surface area contributed by atoms with Crippen LogP contribution in [0.2, 0.25) is 0 Å². The van der Waals surface area contributed by atoms with Crippen molar-refractivity contribution in [3.8, 4) is 0 Å². The van der Waals surface area contributed by atoms with Crippen molar-refractivity contribution in [3.05, 3.63) is 0 Å². The first-order chi connectivity index (χ1) is 5.04. The average Bonchev–Trinajstić information content (AvgIpc) is 1.86. The SMILES string of the molecule is CC(=O)[C@@H](N)CCCC(=O)O. The predicted molar refractivity (Wildman–Crippen MR) is 40.1 cm³/mol. The van der Waals surface area contributed by atoms with Crippen molar-refractivity contribution in [2.75, 3.05) is 0 Å². The van der Waals surface area contributed by atoms with Crippen LogP contribution in [0.1, 0.15) is 26.2 Å². The molecular weight excluding hydrogens is 146 g/mol. The summed E-state index contributed by atoms with van der Waals surface area (Å²) in [7, 11) is 0. The fourth-order valence-electron chi connectivity index (χ4n) is 0.676. The van der Waals surface area contributed by atoms with Crippen LogP contribution in [0.5, 0.6) is 0 Å². The number of Topliss-reactive ketones (excluding diaryl/α,β-unsaturated/α-hetero) is 1. The van der Waals surface area contributed by atoms with Gasteiger partial charge in [0.25, 0.3) is 0 Å². The highest BCUT2D eigenvalue weighted by Crippen LogP contribution is 1.99. The number of ketones is 1. The molecule has 3 N–H and O–H groups in total. The molecule has 0 fully saturated rings. The summed E-state index contributed by atoms with van der Waals surface area (Å²) in [5.41, 5.74) is 5.36. The summed E-state index contributed by atoms with van der Waals surface area (Å²) in [6.07, 6.45) is 1.01. The first-order valence-corrected chi connectivity index (χ1v) is 3.52. The van der Waals surface area contributed by atoms with E-state index in [0.29, 0.717) is 12.8 Å². The highest BCUT2D eigenvalue weighted by Gasteiger charge is 2.07. The Morgan fingerprint density at radius 1 is 1.55 bits per heavy atom. The molecule has 0 aromatic carbocycles. The van der Waals surface area contributed by atoms with Gasteiger partial charge in [0.1, 0.15) is 5.78 Å². The Kier molecular flexibility index (Phi) is 4.45. The number of carbonyl (C=O) groups excluding carboxylic acids is 1. The molecule has 0 spiro atoms. The summed E-state index contributed by atoms with van der Waals surface area (Å²) >= 11 is 0. The zero-order valence-electron chi connectivity index (χ0n) is 6.54. The maximum Gasteiger partial charge on any atom is 0.303 e. The molecule has 0 bridgehead atoms. The largest absolute Gasteiger partial charge is 0.481 e. The molecule has 0 amide bonds. The second-order valence-electron chi connectivity index (χ2n) is 2.50. The second-order valence-corrected chi connectivity index (χ2v) is 2.50. The summed E-state index contributed by atoms with van der Waals surface area (Å²) in [5.74, 6) is -0.934. The number of hydrogen-bond acceptors (Lipinski definition) is 3. The van der Waals surface area contributed by atoms with Gasteiger partial charge in [0.15, 0.2) is 0 Å². The van der Waals surface area contributed by atoms with E-state index in [9.17, 15) is 9.59 Å². The monoisotopic (exact) mass is 159 g/mol. The van der Waals surface area contributed by atoms with Gasteiger partial charge in [-0.15, -0.1) is 0 Å². The summed E-state index contributed by atoms with van der Waals surface area (Å²) in [6, 6.07) is -0.491. The third-order valence-corrected chi connectivity index (χ3v) is 1.43. The van der Waals surface area contributed by atoms with Crippen molar-refractivity contribution in [3.63, 3.8) is 0 Å². The van der Waals surface area contributed by atoms with Crippen molar-refractivity contribution >= 4 is 11.8 Å². The molecule has 1 atom stereocenters. The Balaban J connectivity index is 3.39. The molecule has 0 aromatic rings. The van der Waals surface area contributed by atoms with E-state index in [1.807, 2.05) is 0 Å². The second kappa shape index (κ2) is 4.85. The van der Waals surface area contributed by atoms with E-state index < -0.39 is 12.0 Å². The Labute approximate surface area is 65.4 Å². The molecule has 0 aromatic heterocycles. The van der Waals surface area contributed by atoms with Crippen molar-refractivity contribution < 1.29 is 14.7 Å². The number of carbonyl (C=O) groups is 2. The van der Waals surface area contributed by atoms with Gasteiger partial charge in [-0.1, -0.05) is 0 Å². The average molecular weight is 159 g/mol. The zero-order valence-corrected chi connectivity index (χ0v) is 6.54. The first kappa shape index (κ1) is 10.1. The first-order valence-electron chi connectivity index (χ1n) is 3.52. The van der Waals surface area contributed by atoms with Crippen LogP contribution >= 0.6 is 0 Å². The highest BCUT2D eigenvalue weighted by atomic mass is 16.4. The lowest BCUT2D eigenvalue weighted by atomic mass is 10.1. The summed E-state index contributed by atoms with van der Waals surface area (Å²) in [6.45, 7) is 1.41. The molecule has 0 unspecified atom stereocenters. The maximum absolute atomic E-state index is 10.5. The molecule has 0 rings (SSSR count). The van der Waals surface area contributed by atoms with Gasteiger partial charge in [0, 0.05) is 6.42 Å². The fraction of sp³-hybridized carbons (Fsp3) is 0.714. The van der Waals surface area contributed by atoms with Gasteiger partial charge in [-0.3, -0.25) is 9.59 Å². The van der Waals surface area contributed by atoms with Crippen molar-refractivity contribution in [1.29, 1.82) is 0 Å². The molecule has 4 heteroatoms. The van der Waals surface area contributed by atoms with E-state index in [1.165, 1.54) is 6.92 Å². The molecule has 0 saturated carbocycles. The molecule has 0 aliphatic carbocycles. The van der Waals surface area contributed by atoms with Crippen LogP contribution in [0.3, 0.4) is 0 Å². The van der Waals surface area contributed by atoms with Gasteiger partial charge in [0.2, 0.25) is 0 Å². The summed E-state index contributed by atoms with van der Waals surface area (Å²) < 4.78 is 0. The molecule has 0 saturated heterocycles. The Bertz CT molecular complexity index is 156. The minimum Gasteiger partial charge on any atom is -0.481 e. The van der Waals surface area contributed by atoms with Gasteiger partial charge in [-0.2, -0.15) is 0 Å². The van der Waals surface area contributed by atoms with Crippen LogP contribution in [0.15, 0.2) is 0 Å². The highest BCUT2D eigenvalue weighted by molar-refractivity contribution is 5.81. The van der Waals surface area contributed by atoms with Gasteiger partial charge in [-0.25, -0.2) is 0 Å². The van der Waals surface area contributed by atoms with Crippen LogP contribution in [0.25, 0.3) is 0 Å². The quantitative estimate of drug-likeness (QED) is 0.598. The molecule has 4 nitrogen and oxygen atoms in total. The van der Waals surface area contributed by atoms with Crippen LogP contribution in [-0.2, 0) is 9.59 Å². The van der Waals surface area contributed by atoms with E-state index in [-0.39, 0.29) is 12.2 Å². The van der Waals surface area contributed by atoms with E-state index in [1.54, 1.807) is 0 Å². The number of hydrogen-bond donors (Lipinski definition) is 2. The molecule has 64 valence electrons. The third kappa shape index (κ3) is 5.54. The van der Waals surface area contributed by atoms with E-state index in [4.69, 9.17) is 10.8 Å². The van der Waals surface area contributed by atoms with E-state index >= 15 is 0 Å².